The van der Waals surface area contributed by atoms with Gasteiger partial charge in [-0.15, -0.1) is 0 Å². The van der Waals surface area contributed by atoms with E-state index in [0.717, 1.165) is 24.1 Å². The number of aromatic nitrogens is 2. The van der Waals surface area contributed by atoms with Crippen LogP contribution in [0.2, 0.25) is 0 Å². The van der Waals surface area contributed by atoms with Gasteiger partial charge in [0.15, 0.2) is 0 Å². The Morgan fingerprint density at radius 1 is 1.15 bits per heavy atom. The van der Waals surface area contributed by atoms with Gasteiger partial charge in [-0.05, 0) is 18.9 Å². The van der Waals surface area contributed by atoms with Gasteiger partial charge in [0.05, 0.1) is 11.7 Å². The fraction of sp³-hybridized carbons (Fsp3) is 0.333. The van der Waals surface area contributed by atoms with Gasteiger partial charge in [-0.25, -0.2) is 4.79 Å². The smallest absolute Gasteiger partial charge is 0.407 e. The summed E-state index contributed by atoms with van der Waals surface area (Å²) in [6.45, 7) is 1.17. The molecular weight excluding hydrogens is 254 g/mol. The lowest BCUT2D eigenvalue weighted by molar-refractivity contribution is 0.124. The number of hydrogen-bond donors (Lipinski definition) is 1. The first-order valence-electron chi connectivity index (χ1n) is 6.82. The highest BCUT2D eigenvalue weighted by atomic mass is 16.4. The van der Waals surface area contributed by atoms with E-state index < -0.39 is 6.09 Å². The molecule has 0 atom stereocenters. The quantitative estimate of drug-likeness (QED) is 0.913. The number of likely N-dealkylation sites (tertiary alicyclic amines) is 1. The SMILES string of the molecule is O=C(O)N1CCC(n2ccc(-c3ccccc3)n2)CC1. The van der Waals surface area contributed by atoms with Gasteiger partial charge < -0.3 is 10.0 Å². The first kappa shape index (κ1) is 12.7. The summed E-state index contributed by atoms with van der Waals surface area (Å²) in [7, 11) is 0. The Balaban J connectivity index is 1.71. The predicted molar refractivity (Wildman–Crippen MR) is 75.5 cm³/mol. The van der Waals surface area contributed by atoms with Crippen LogP contribution in [0.15, 0.2) is 42.6 Å². The number of nitrogens with zero attached hydrogens (tertiary/aromatic N) is 3. The van der Waals surface area contributed by atoms with Gasteiger partial charge in [0.1, 0.15) is 0 Å². The maximum absolute atomic E-state index is 10.9. The molecule has 1 saturated heterocycles. The zero-order valence-corrected chi connectivity index (χ0v) is 11.1. The highest BCUT2D eigenvalue weighted by Gasteiger charge is 2.23. The monoisotopic (exact) mass is 271 g/mol. The van der Waals surface area contributed by atoms with Crippen LogP contribution in [-0.4, -0.2) is 39.0 Å². The second-order valence-electron chi connectivity index (χ2n) is 5.05. The van der Waals surface area contributed by atoms with E-state index in [1.807, 2.05) is 47.3 Å². The molecule has 1 aliphatic rings. The molecule has 20 heavy (non-hydrogen) atoms. The number of benzene rings is 1. The average Bonchev–Trinajstić information content (AvgIpc) is 2.98. The standard InChI is InChI=1S/C15H17N3O2/c19-15(20)17-9-6-13(7-10-17)18-11-8-14(16-18)12-4-2-1-3-5-12/h1-5,8,11,13H,6-7,9-10H2,(H,19,20). The lowest BCUT2D eigenvalue weighted by atomic mass is 10.1. The van der Waals surface area contributed by atoms with Crippen molar-refractivity contribution in [3.05, 3.63) is 42.6 Å². The minimum atomic E-state index is -0.825. The molecule has 0 saturated carbocycles. The number of amides is 1. The summed E-state index contributed by atoms with van der Waals surface area (Å²) in [5.74, 6) is 0. The van der Waals surface area contributed by atoms with Crippen LogP contribution in [-0.2, 0) is 0 Å². The summed E-state index contributed by atoms with van der Waals surface area (Å²) < 4.78 is 1.97. The molecule has 2 aromatic rings. The summed E-state index contributed by atoms with van der Waals surface area (Å²) in [4.78, 5) is 12.4. The second-order valence-corrected chi connectivity index (χ2v) is 5.05. The molecule has 5 heteroatoms. The summed E-state index contributed by atoms with van der Waals surface area (Å²) in [6, 6.07) is 12.4. The molecule has 1 amide bonds. The van der Waals surface area contributed by atoms with E-state index in [0.29, 0.717) is 19.1 Å². The maximum atomic E-state index is 10.9. The molecule has 1 aromatic heterocycles. The molecule has 0 spiro atoms. The van der Waals surface area contributed by atoms with Crippen LogP contribution in [0.5, 0.6) is 0 Å². The molecule has 1 aromatic carbocycles. The van der Waals surface area contributed by atoms with Gasteiger partial charge in [0, 0.05) is 24.8 Å². The van der Waals surface area contributed by atoms with Crippen LogP contribution in [0.3, 0.4) is 0 Å². The minimum absolute atomic E-state index is 0.295. The Hall–Kier alpha value is -2.30. The van der Waals surface area contributed by atoms with Crippen LogP contribution in [0.4, 0.5) is 4.79 Å². The summed E-state index contributed by atoms with van der Waals surface area (Å²) >= 11 is 0. The van der Waals surface area contributed by atoms with Crippen molar-refractivity contribution in [2.24, 2.45) is 0 Å². The molecule has 2 heterocycles. The Bertz CT molecular complexity index is 586. The van der Waals surface area contributed by atoms with Crippen molar-refractivity contribution < 1.29 is 9.90 Å². The van der Waals surface area contributed by atoms with Crippen molar-refractivity contribution in [3.63, 3.8) is 0 Å². The summed E-state index contributed by atoms with van der Waals surface area (Å²) in [5, 5.41) is 13.6. The highest BCUT2D eigenvalue weighted by Crippen LogP contribution is 2.24. The predicted octanol–water partition coefficient (Wildman–Crippen LogP) is 2.87. The van der Waals surface area contributed by atoms with Gasteiger partial charge in [0.25, 0.3) is 0 Å². The van der Waals surface area contributed by atoms with E-state index in [-0.39, 0.29) is 0 Å². The van der Waals surface area contributed by atoms with Crippen molar-refractivity contribution in [1.82, 2.24) is 14.7 Å². The van der Waals surface area contributed by atoms with Gasteiger partial charge in [-0.3, -0.25) is 4.68 Å². The van der Waals surface area contributed by atoms with Crippen molar-refractivity contribution in [3.8, 4) is 11.3 Å². The Morgan fingerprint density at radius 2 is 1.85 bits per heavy atom. The van der Waals surface area contributed by atoms with E-state index in [4.69, 9.17) is 5.11 Å². The largest absolute Gasteiger partial charge is 0.465 e. The van der Waals surface area contributed by atoms with Crippen molar-refractivity contribution >= 4 is 6.09 Å². The molecule has 1 fully saturated rings. The van der Waals surface area contributed by atoms with Crippen LogP contribution in [0.25, 0.3) is 11.3 Å². The molecule has 3 rings (SSSR count). The molecule has 5 nitrogen and oxygen atoms in total. The zero-order valence-electron chi connectivity index (χ0n) is 11.1. The number of carbonyl (C=O) groups is 1. The lowest BCUT2D eigenvalue weighted by Crippen LogP contribution is -2.38. The van der Waals surface area contributed by atoms with Gasteiger partial charge >= 0.3 is 6.09 Å². The second kappa shape index (κ2) is 5.36. The van der Waals surface area contributed by atoms with Crippen molar-refractivity contribution in [1.29, 1.82) is 0 Å². The van der Waals surface area contributed by atoms with E-state index in [2.05, 4.69) is 5.10 Å². The van der Waals surface area contributed by atoms with Crippen LogP contribution in [0, 0.1) is 0 Å². The Labute approximate surface area is 117 Å². The van der Waals surface area contributed by atoms with Crippen molar-refractivity contribution in [2.75, 3.05) is 13.1 Å². The normalized spacial score (nSPS) is 16.3. The summed E-state index contributed by atoms with van der Waals surface area (Å²) in [6.07, 6.45) is 2.81. The molecule has 0 unspecified atom stereocenters. The summed E-state index contributed by atoms with van der Waals surface area (Å²) in [5.41, 5.74) is 2.07. The Kier molecular flexibility index (Phi) is 3.41. The average molecular weight is 271 g/mol. The minimum Gasteiger partial charge on any atom is -0.465 e. The number of piperidine rings is 1. The molecule has 104 valence electrons. The fourth-order valence-corrected chi connectivity index (χ4v) is 2.63. The van der Waals surface area contributed by atoms with Gasteiger partial charge in [-0.1, -0.05) is 30.3 Å². The van der Waals surface area contributed by atoms with E-state index in [9.17, 15) is 4.79 Å². The van der Waals surface area contributed by atoms with Crippen LogP contribution in [0.1, 0.15) is 18.9 Å². The van der Waals surface area contributed by atoms with Crippen molar-refractivity contribution in [2.45, 2.75) is 18.9 Å². The first-order chi connectivity index (χ1) is 9.74. The van der Waals surface area contributed by atoms with E-state index >= 15 is 0 Å². The molecule has 0 radical (unpaired) electrons. The van der Waals surface area contributed by atoms with E-state index in [1.165, 1.54) is 4.90 Å². The fourth-order valence-electron chi connectivity index (χ4n) is 2.63. The highest BCUT2D eigenvalue weighted by molar-refractivity contribution is 5.65. The van der Waals surface area contributed by atoms with Crippen LogP contribution < -0.4 is 0 Å². The third-order valence-electron chi connectivity index (χ3n) is 3.79. The molecule has 0 aliphatic carbocycles. The maximum Gasteiger partial charge on any atom is 0.407 e. The number of hydrogen-bond acceptors (Lipinski definition) is 2. The topological polar surface area (TPSA) is 58.4 Å². The number of rotatable bonds is 2. The molecule has 1 N–H and O–H groups in total. The number of carboxylic acid groups (broad SMARTS) is 1. The van der Waals surface area contributed by atoms with Crippen LogP contribution >= 0.6 is 0 Å². The molecule has 1 aliphatic heterocycles. The molecule has 0 bridgehead atoms. The lowest BCUT2D eigenvalue weighted by Gasteiger charge is -2.30. The van der Waals surface area contributed by atoms with E-state index in [1.54, 1.807) is 0 Å². The molecular formula is C15H17N3O2. The third kappa shape index (κ3) is 2.52. The zero-order chi connectivity index (χ0) is 13.9. The van der Waals surface area contributed by atoms with Gasteiger partial charge in [-0.2, -0.15) is 5.10 Å². The third-order valence-corrected chi connectivity index (χ3v) is 3.79. The Morgan fingerprint density at radius 3 is 2.50 bits per heavy atom. The van der Waals surface area contributed by atoms with Gasteiger partial charge in [0.2, 0.25) is 0 Å². The first-order valence-corrected chi connectivity index (χ1v) is 6.82.